The summed E-state index contributed by atoms with van der Waals surface area (Å²) in [4.78, 5) is 26.8. The van der Waals surface area contributed by atoms with Crippen molar-refractivity contribution in [2.75, 3.05) is 4.90 Å². The van der Waals surface area contributed by atoms with Crippen molar-refractivity contribution in [2.45, 2.75) is 18.9 Å². The summed E-state index contributed by atoms with van der Waals surface area (Å²) in [6.45, 7) is 0. The van der Waals surface area contributed by atoms with Gasteiger partial charge in [-0.25, -0.2) is 4.79 Å². The van der Waals surface area contributed by atoms with E-state index in [-0.39, 0.29) is 23.8 Å². The van der Waals surface area contributed by atoms with Crippen LogP contribution in [0.2, 0.25) is 10.0 Å². The van der Waals surface area contributed by atoms with Crippen molar-refractivity contribution in [3.63, 3.8) is 0 Å². The molecule has 7 heteroatoms. The van der Waals surface area contributed by atoms with Crippen LogP contribution in [0.3, 0.4) is 0 Å². The first-order valence-corrected chi connectivity index (χ1v) is 10.7. The van der Waals surface area contributed by atoms with E-state index in [0.717, 1.165) is 15.6 Å². The number of carboxylic acids is 1. The number of hydrogen-bond acceptors (Lipinski definition) is 2. The predicted molar refractivity (Wildman–Crippen MR) is 123 cm³/mol. The van der Waals surface area contributed by atoms with E-state index in [0.29, 0.717) is 10.7 Å². The number of carbonyl (C=O) groups excluding carboxylic acids is 1. The van der Waals surface area contributed by atoms with Crippen molar-refractivity contribution in [1.82, 2.24) is 0 Å². The molecule has 1 amide bonds. The van der Waals surface area contributed by atoms with Gasteiger partial charge in [0.15, 0.2) is 0 Å². The van der Waals surface area contributed by atoms with Gasteiger partial charge in [0.2, 0.25) is 5.91 Å². The molecule has 0 bridgehead atoms. The fraction of sp³-hybridized carbons (Fsp3) is 0.130. The molecule has 0 spiro atoms. The first kappa shape index (κ1) is 22.3. The molecule has 0 aliphatic carbocycles. The smallest absolute Gasteiger partial charge is 0.327 e. The molecule has 3 aromatic rings. The highest BCUT2D eigenvalue weighted by Gasteiger charge is 2.32. The molecule has 154 valence electrons. The Morgan fingerprint density at radius 3 is 2.20 bits per heavy atom. The number of hydrogen-bond donors (Lipinski definition) is 1. The van der Waals surface area contributed by atoms with Crippen LogP contribution in [-0.4, -0.2) is 23.0 Å². The number of rotatable bonds is 7. The molecule has 1 atom stereocenters. The number of carboxylic acid groups (broad SMARTS) is 1. The Balaban J connectivity index is 2.01. The van der Waals surface area contributed by atoms with Gasteiger partial charge in [-0.05, 0) is 41.5 Å². The van der Waals surface area contributed by atoms with Crippen LogP contribution in [0.5, 0.6) is 0 Å². The molecule has 0 saturated heterocycles. The van der Waals surface area contributed by atoms with Crippen LogP contribution in [0.4, 0.5) is 5.69 Å². The van der Waals surface area contributed by atoms with Crippen molar-refractivity contribution in [2.24, 2.45) is 0 Å². The molecule has 0 radical (unpaired) electrons. The maximum Gasteiger partial charge on any atom is 0.327 e. The molecule has 0 fully saturated rings. The molecule has 3 aromatic carbocycles. The SMILES string of the molecule is O=C(O)[C@H](Cc1ccccc1)N(C(=O)Cc1ccc(Br)cc1)c1ccc(Cl)cc1Cl. The number of anilines is 1. The largest absolute Gasteiger partial charge is 0.480 e. The minimum Gasteiger partial charge on any atom is -0.480 e. The van der Waals surface area contributed by atoms with Gasteiger partial charge in [0.1, 0.15) is 6.04 Å². The van der Waals surface area contributed by atoms with Crippen LogP contribution >= 0.6 is 39.1 Å². The standard InChI is InChI=1S/C23H18BrCl2NO3/c24-17-8-6-16(7-9-17)13-22(28)27(20-11-10-18(25)14-19(20)26)21(23(29)30)12-15-4-2-1-3-5-15/h1-11,14,21H,12-13H2,(H,29,30)/t21-/m0/s1. The average molecular weight is 507 g/mol. The van der Waals surface area contributed by atoms with Crippen molar-refractivity contribution < 1.29 is 14.7 Å². The molecule has 4 nitrogen and oxygen atoms in total. The van der Waals surface area contributed by atoms with E-state index in [2.05, 4.69) is 15.9 Å². The Morgan fingerprint density at radius 1 is 0.933 bits per heavy atom. The Morgan fingerprint density at radius 2 is 1.60 bits per heavy atom. The highest BCUT2D eigenvalue weighted by Crippen LogP contribution is 2.32. The Kier molecular flexibility index (Phi) is 7.53. The quantitative estimate of drug-likeness (QED) is 0.425. The van der Waals surface area contributed by atoms with Crippen LogP contribution in [0, 0.1) is 0 Å². The minimum atomic E-state index is -1.13. The van der Waals surface area contributed by atoms with E-state index >= 15 is 0 Å². The fourth-order valence-electron chi connectivity index (χ4n) is 3.14. The minimum absolute atomic E-state index is 0.0325. The molecular formula is C23H18BrCl2NO3. The molecule has 0 unspecified atom stereocenters. The van der Waals surface area contributed by atoms with E-state index in [1.54, 1.807) is 12.1 Å². The molecule has 0 saturated carbocycles. The van der Waals surface area contributed by atoms with Gasteiger partial charge in [-0.2, -0.15) is 0 Å². The molecule has 0 aromatic heterocycles. The summed E-state index contributed by atoms with van der Waals surface area (Å²) in [6.07, 6.45) is 0.173. The topological polar surface area (TPSA) is 57.6 Å². The first-order valence-electron chi connectivity index (χ1n) is 9.13. The molecule has 1 N–H and O–H groups in total. The zero-order valence-corrected chi connectivity index (χ0v) is 18.9. The molecular weight excluding hydrogens is 489 g/mol. The number of halogens is 3. The first-order chi connectivity index (χ1) is 14.3. The lowest BCUT2D eigenvalue weighted by Gasteiger charge is -2.30. The third-order valence-corrected chi connectivity index (χ3v) is 5.64. The van der Waals surface area contributed by atoms with Crippen LogP contribution in [-0.2, 0) is 22.4 Å². The predicted octanol–water partition coefficient (Wildman–Crippen LogP) is 6.03. The second-order valence-electron chi connectivity index (χ2n) is 6.71. The second-order valence-corrected chi connectivity index (χ2v) is 8.47. The van der Waals surface area contributed by atoms with E-state index in [4.69, 9.17) is 23.2 Å². The Hall–Kier alpha value is -2.34. The van der Waals surface area contributed by atoms with Crippen molar-refractivity contribution in [3.05, 3.63) is 98.4 Å². The summed E-state index contributed by atoms with van der Waals surface area (Å²) in [5, 5.41) is 10.6. The molecule has 0 aliphatic heterocycles. The zero-order valence-electron chi connectivity index (χ0n) is 15.8. The summed E-state index contributed by atoms with van der Waals surface area (Å²) in [5.74, 6) is -1.49. The van der Waals surface area contributed by atoms with Crippen LogP contribution < -0.4 is 4.90 Å². The van der Waals surface area contributed by atoms with Gasteiger partial charge in [0, 0.05) is 15.9 Å². The fourth-order valence-corrected chi connectivity index (χ4v) is 3.91. The lowest BCUT2D eigenvalue weighted by Crippen LogP contribution is -2.47. The van der Waals surface area contributed by atoms with Crippen molar-refractivity contribution >= 4 is 56.7 Å². The van der Waals surface area contributed by atoms with Crippen LogP contribution in [0.25, 0.3) is 0 Å². The van der Waals surface area contributed by atoms with Gasteiger partial charge in [-0.15, -0.1) is 0 Å². The van der Waals surface area contributed by atoms with E-state index in [1.165, 1.54) is 11.0 Å². The van der Waals surface area contributed by atoms with E-state index < -0.39 is 12.0 Å². The average Bonchev–Trinajstić information content (AvgIpc) is 2.71. The second kappa shape index (κ2) is 10.1. The van der Waals surface area contributed by atoms with Gasteiger partial charge in [0.25, 0.3) is 0 Å². The number of amides is 1. The maximum absolute atomic E-state index is 13.3. The van der Waals surface area contributed by atoms with E-state index in [9.17, 15) is 14.7 Å². The highest BCUT2D eigenvalue weighted by atomic mass is 79.9. The lowest BCUT2D eigenvalue weighted by molar-refractivity contribution is -0.140. The number of nitrogens with zero attached hydrogens (tertiary/aromatic N) is 1. The number of carbonyl (C=O) groups is 2. The zero-order chi connectivity index (χ0) is 21.7. The summed E-state index contributed by atoms with van der Waals surface area (Å²) >= 11 is 15.7. The summed E-state index contributed by atoms with van der Waals surface area (Å²) in [7, 11) is 0. The Labute approximate surface area is 193 Å². The summed E-state index contributed by atoms with van der Waals surface area (Å²) < 4.78 is 0.892. The summed E-state index contributed by atoms with van der Waals surface area (Å²) in [6, 6.07) is 20.0. The van der Waals surface area contributed by atoms with Crippen LogP contribution in [0.1, 0.15) is 11.1 Å². The van der Waals surface area contributed by atoms with E-state index in [1.807, 2.05) is 54.6 Å². The summed E-state index contributed by atoms with van der Waals surface area (Å²) in [5.41, 5.74) is 1.88. The van der Waals surface area contributed by atoms with Crippen molar-refractivity contribution in [1.29, 1.82) is 0 Å². The monoisotopic (exact) mass is 505 g/mol. The molecule has 0 aliphatic rings. The molecule has 30 heavy (non-hydrogen) atoms. The lowest BCUT2D eigenvalue weighted by atomic mass is 10.0. The number of aliphatic carboxylic acids is 1. The van der Waals surface area contributed by atoms with Gasteiger partial charge < -0.3 is 5.11 Å². The van der Waals surface area contributed by atoms with Gasteiger partial charge in [-0.3, -0.25) is 9.69 Å². The highest BCUT2D eigenvalue weighted by molar-refractivity contribution is 9.10. The number of benzene rings is 3. The van der Waals surface area contributed by atoms with Crippen molar-refractivity contribution in [3.8, 4) is 0 Å². The van der Waals surface area contributed by atoms with Gasteiger partial charge in [0.05, 0.1) is 17.1 Å². The Bertz CT molecular complexity index is 1040. The molecule has 3 rings (SSSR count). The third-order valence-electron chi connectivity index (χ3n) is 4.58. The maximum atomic E-state index is 13.3. The van der Waals surface area contributed by atoms with Gasteiger partial charge >= 0.3 is 5.97 Å². The normalized spacial score (nSPS) is 11.7. The van der Waals surface area contributed by atoms with Crippen LogP contribution in [0.15, 0.2) is 77.3 Å². The van der Waals surface area contributed by atoms with Gasteiger partial charge in [-0.1, -0.05) is 81.6 Å². The molecule has 0 heterocycles. The third kappa shape index (κ3) is 5.63.